The van der Waals surface area contributed by atoms with Crippen LogP contribution >= 0.6 is 11.6 Å². The number of aliphatic hydroxyl groups is 1. The Balaban J connectivity index is 1.27. The van der Waals surface area contributed by atoms with Gasteiger partial charge >= 0.3 is 0 Å². The molecule has 190 valence electrons. The van der Waals surface area contributed by atoms with E-state index >= 15 is 0 Å². The van der Waals surface area contributed by atoms with E-state index < -0.39 is 5.60 Å². The number of rotatable bonds is 7. The zero-order valence-corrected chi connectivity index (χ0v) is 21.9. The standard InChI is InChI=1S/C30H36ClN3O2/c1-30(2,35)22-9-12-29-27(17-22)25(26-5-3-14-32-28(26)20-36-29)6-4-15-34-16-13-24(19-34)33-18-21-7-10-23(31)11-8-21/h3,5-12,17,24,32-33,35H,4,13-16,18-20H2,1-2H3/b25-6+/t24-/m0/s1. The van der Waals surface area contributed by atoms with Crippen LogP contribution < -0.4 is 15.4 Å². The second-order valence-electron chi connectivity index (χ2n) is 10.4. The van der Waals surface area contributed by atoms with Crippen molar-refractivity contribution in [2.45, 2.75) is 44.9 Å². The number of fused-ring (bicyclic) bond motifs is 1. The van der Waals surface area contributed by atoms with Crippen LogP contribution in [0.2, 0.25) is 5.02 Å². The molecule has 0 aromatic heterocycles. The van der Waals surface area contributed by atoms with Crippen LogP contribution in [0.4, 0.5) is 0 Å². The lowest BCUT2D eigenvalue weighted by molar-refractivity contribution is 0.0785. The molecule has 1 fully saturated rings. The smallest absolute Gasteiger partial charge is 0.128 e. The van der Waals surface area contributed by atoms with E-state index in [4.69, 9.17) is 16.3 Å². The quantitative estimate of drug-likeness (QED) is 0.494. The Labute approximate surface area is 219 Å². The van der Waals surface area contributed by atoms with E-state index in [1.807, 2.05) is 38.1 Å². The molecule has 36 heavy (non-hydrogen) atoms. The molecule has 3 heterocycles. The van der Waals surface area contributed by atoms with Gasteiger partial charge in [0.1, 0.15) is 12.4 Å². The molecule has 3 N–H and O–H groups in total. The Hall–Kier alpha value is -2.57. The van der Waals surface area contributed by atoms with Crippen molar-refractivity contribution in [3.63, 3.8) is 0 Å². The van der Waals surface area contributed by atoms with Crippen LogP contribution in [0.5, 0.6) is 5.75 Å². The van der Waals surface area contributed by atoms with Crippen molar-refractivity contribution < 1.29 is 9.84 Å². The molecule has 1 saturated heterocycles. The van der Waals surface area contributed by atoms with Crippen LogP contribution in [0.25, 0.3) is 5.57 Å². The third kappa shape index (κ3) is 5.87. The maximum absolute atomic E-state index is 10.6. The van der Waals surface area contributed by atoms with Crippen LogP contribution in [-0.2, 0) is 12.1 Å². The highest BCUT2D eigenvalue weighted by Crippen LogP contribution is 2.39. The van der Waals surface area contributed by atoms with Crippen molar-refractivity contribution >= 4 is 17.2 Å². The molecule has 3 aliphatic heterocycles. The highest BCUT2D eigenvalue weighted by molar-refractivity contribution is 6.30. The summed E-state index contributed by atoms with van der Waals surface area (Å²) in [4.78, 5) is 2.54. The largest absolute Gasteiger partial charge is 0.487 e. The van der Waals surface area contributed by atoms with E-state index in [1.165, 1.54) is 16.7 Å². The minimum atomic E-state index is -0.909. The highest BCUT2D eigenvalue weighted by Gasteiger charge is 2.25. The van der Waals surface area contributed by atoms with Crippen molar-refractivity contribution in [2.75, 3.05) is 32.8 Å². The van der Waals surface area contributed by atoms with Crippen LogP contribution in [0, 0.1) is 0 Å². The fourth-order valence-corrected chi connectivity index (χ4v) is 5.28. The van der Waals surface area contributed by atoms with E-state index in [9.17, 15) is 5.11 Å². The average molecular weight is 506 g/mol. The molecular weight excluding hydrogens is 470 g/mol. The molecule has 0 bridgehead atoms. The van der Waals surface area contributed by atoms with E-state index in [0.717, 1.165) is 73.2 Å². The Kier molecular flexibility index (Phi) is 7.54. The van der Waals surface area contributed by atoms with Gasteiger partial charge in [0.2, 0.25) is 0 Å². The summed E-state index contributed by atoms with van der Waals surface area (Å²) in [5, 5.41) is 18.6. The summed E-state index contributed by atoms with van der Waals surface area (Å²) in [6.45, 7) is 9.06. The summed E-state index contributed by atoms with van der Waals surface area (Å²) in [6.07, 6.45) is 8.84. The normalized spacial score (nSPS) is 21.1. The van der Waals surface area contributed by atoms with Crippen LogP contribution in [0.15, 0.2) is 72.0 Å². The number of likely N-dealkylation sites (tertiary alicyclic amines) is 1. The van der Waals surface area contributed by atoms with Gasteiger partial charge in [0.15, 0.2) is 0 Å². The molecule has 2 aromatic rings. The summed E-state index contributed by atoms with van der Waals surface area (Å²) in [5.41, 5.74) is 5.80. The fourth-order valence-electron chi connectivity index (χ4n) is 5.16. The number of hydrogen-bond acceptors (Lipinski definition) is 5. The lowest BCUT2D eigenvalue weighted by Crippen LogP contribution is -2.32. The van der Waals surface area contributed by atoms with Gasteiger partial charge in [-0.3, -0.25) is 0 Å². The second kappa shape index (κ2) is 10.8. The van der Waals surface area contributed by atoms with Gasteiger partial charge in [-0.1, -0.05) is 48.0 Å². The molecular formula is C30H36ClN3O2. The Morgan fingerprint density at radius 2 is 2.06 bits per heavy atom. The Morgan fingerprint density at radius 1 is 1.22 bits per heavy atom. The van der Waals surface area contributed by atoms with Crippen LogP contribution in [0.3, 0.4) is 0 Å². The minimum absolute atomic E-state index is 0.509. The highest BCUT2D eigenvalue weighted by atomic mass is 35.5. The molecule has 1 atom stereocenters. The first kappa shape index (κ1) is 25.1. The third-order valence-electron chi connectivity index (χ3n) is 7.26. The molecule has 6 heteroatoms. The maximum atomic E-state index is 10.6. The SMILES string of the molecule is CC(C)(O)c1ccc2c(c1)/C(=C/CCN1CC[C@H](NCc3ccc(Cl)cc3)C1)C1=C(CO2)NCC=C1. The van der Waals surface area contributed by atoms with Crippen LogP contribution in [0.1, 0.15) is 43.4 Å². The fraction of sp³-hybridized carbons (Fsp3) is 0.400. The summed E-state index contributed by atoms with van der Waals surface area (Å²) in [5.74, 6) is 0.867. The Bertz CT molecular complexity index is 1180. The molecule has 0 unspecified atom stereocenters. The number of benzene rings is 2. The van der Waals surface area contributed by atoms with Crippen molar-refractivity contribution in [3.05, 3.63) is 93.7 Å². The van der Waals surface area contributed by atoms with Crippen molar-refractivity contribution in [1.82, 2.24) is 15.5 Å². The third-order valence-corrected chi connectivity index (χ3v) is 7.51. The van der Waals surface area contributed by atoms with Gasteiger partial charge in [0.05, 0.1) is 11.3 Å². The van der Waals surface area contributed by atoms with Gasteiger partial charge in [-0.25, -0.2) is 0 Å². The average Bonchev–Trinajstić information content (AvgIpc) is 3.26. The van der Waals surface area contributed by atoms with Gasteiger partial charge in [-0.2, -0.15) is 0 Å². The van der Waals surface area contributed by atoms with Gasteiger partial charge in [0, 0.05) is 48.4 Å². The predicted molar refractivity (Wildman–Crippen MR) is 147 cm³/mol. The summed E-state index contributed by atoms with van der Waals surface area (Å²) >= 11 is 6.01. The van der Waals surface area contributed by atoms with Gasteiger partial charge < -0.3 is 25.4 Å². The number of halogens is 1. The monoisotopic (exact) mass is 505 g/mol. The van der Waals surface area contributed by atoms with Crippen LogP contribution in [-0.4, -0.2) is 48.8 Å². The number of hydrogen-bond donors (Lipinski definition) is 3. The first-order valence-electron chi connectivity index (χ1n) is 12.9. The molecule has 5 nitrogen and oxygen atoms in total. The minimum Gasteiger partial charge on any atom is -0.487 e. The molecule has 5 rings (SSSR count). The van der Waals surface area contributed by atoms with Crippen molar-refractivity contribution in [2.24, 2.45) is 0 Å². The summed E-state index contributed by atoms with van der Waals surface area (Å²) in [6, 6.07) is 14.6. The maximum Gasteiger partial charge on any atom is 0.128 e. The first-order valence-corrected chi connectivity index (χ1v) is 13.3. The second-order valence-corrected chi connectivity index (χ2v) is 10.9. The van der Waals surface area contributed by atoms with Crippen molar-refractivity contribution in [1.29, 1.82) is 0 Å². The van der Waals surface area contributed by atoms with Crippen molar-refractivity contribution in [3.8, 4) is 5.75 Å². The number of ether oxygens (including phenoxy) is 1. The van der Waals surface area contributed by atoms with E-state index in [1.54, 1.807) is 0 Å². The molecule has 0 saturated carbocycles. The summed E-state index contributed by atoms with van der Waals surface area (Å²) in [7, 11) is 0. The number of allylic oxidation sites excluding steroid dienone is 3. The Morgan fingerprint density at radius 3 is 2.86 bits per heavy atom. The first-order chi connectivity index (χ1) is 17.4. The van der Waals surface area contributed by atoms with E-state index in [-0.39, 0.29) is 0 Å². The van der Waals surface area contributed by atoms with Gasteiger partial charge in [-0.05, 0) is 74.2 Å². The number of dihydropyridines is 1. The predicted octanol–water partition coefficient (Wildman–Crippen LogP) is 5.01. The molecule has 0 aliphatic carbocycles. The topological polar surface area (TPSA) is 56.8 Å². The lowest BCUT2D eigenvalue weighted by atomic mass is 9.89. The molecule has 3 aliphatic rings. The van der Waals surface area contributed by atoms with E-state index in [0.29, 0.717) is 12.6 Å². The molecule has 0 spiro atoms. The van der Waals surface area contributed by atoms with Gasteiger partial charge in [-0.15, -0.1) is 0 Å². The molecule has 0 amide bonds. The van der Waals surface area contributed by atoms with E-state index in [2.05, 4.69) is 52.0 Å². The lowest BCUT2D eigenvalue weighted by Gasteiger charge is -2.21. The molecule has 0 radical (unpaired) electrons. The zero-order chi connectivity index (χ0) is 25.1. The number of nitrogens with zero attached hydrogens (tertiary/aromatic N) is 1. The molecule has 2 aromatic carbocycles. The summed E-state index contributed by atoms with van der Waals surface area (Å²) < 4.78 is 6.18. The van der Waals surface area contributed by atoms with Gasteiger partial charge in [0.25, 0.3) is 0 Å². The zero-order valence-electron chi connectivity index (χ0n) is 21.2. The number of nitrogens with one attached hydrogen (secondary N) is 2.